The van der Waals surface area contributed by atoms with E-state index < -0.39 is 0 Å². The Balaban J connectivity index is 1.78. The SMILES string of the molecule is COC(=O)c1c(NC(=O)CSc2nccn2C)sc2c1CC[C@@H](C(C)(C)C)C2. The number of hydrogen-bond donors (Lipinski definition) is 1. The summed E-state index contributed by atoms with van der Waals surface area (Å²) < 4.78 is 6.88. The molecule has 0 aromatic carbocycles. The lowest BCUT2D eigenvalue weighted by atomic mass is 9.72. The molecule has 1 amide bonds. The number of nitrogens with one attached hydrogen (secondary N) is 1. The quantitative estimate of drug-likeness (QED) is 0.580. The van der Waals surface area contributed by atoms with Crippen LogP contribution in [0.1, 0.15) is 48.0 Å². The van der Waals surface area contributed by atoms with Crippen molar-refractivity contribution >= 4 is 40.0 Å². The molecule has 1 N–H and O–H groups in total. The van der Waals surface area contributed by atoms with Crippen LogP contribution in [0.5, 0.6) is 0 Å². The van der Waals surface area contributed by atoms with Crippen LogP contribution in [0.25, 0.3) is 0 Å². The van der Waals surface area contributed by atoms with E-state index in [1.54, 1.807) is 6.20 Å². The highest BCUT2D eigenvalue weighted by molar-refractivity contribution is 7.99. The standard InChI is InChI=1S/C20H27N3O3S2/c1-20(2,3)12-6-7-13-14(10-12)28-17(16(13)18(25)26-5)22-15(24)11-27-19-21-8-9-23(19)4/h8-9,12H,6-7,10-11H2,1-5H3,(H,22,24)/t12-/m1/s1. The Morgan fingerprint density at radius 2 is 2.18 bits per heavy atom. The largest absolute Gasteiger partial charge is 0.465 e. The van der Waals surface area contributed by atoms with Crippen molar-refractivity contribution in [2.75, 3.05) is 18.2 Å². The molecule has 6 nitrogen and oxygen atoms in total. The average molecular weight is 422 g/mol. The molecule has 0 aliphatic heterocycles. The second-order valence-electron chi connectivity index (χ2n) is 8.16. The Kier molecular flexibility index (Phi) is 6.19. The van der Waals surface area contributed by atoms with Gasteiger partial charge < -0.3 is 14.6 Å². The van der Waals surface area contributed by atoms with Crippen molar-refractivity contribution in [2.45, 2.75) is 45.2 Å². The van der Waals surface area contributed by atoms with Crippen LogP contribution < -0.4 is 5.32 Å². The molecule has 2 heterocycles. The van der Waals surface area contributed by atoms with Crippen LogP contribution in [0.2, 0.25) is 0 Å². The van der Waals surface area contributed by atoms with E-state index in [-0.39, 0.29) is 23.0 Å². The molecule has 0 saturated heterocycles. The van der Waals surface area contributed by atoms with Crippen LogP contribution in [0.4, 0.5) is 5.00 Å². The minimum absolute atomic E-state index is 0.149. The summed E-state index contributed by atoms with van der Waals surface area (Å²) in [5.74, 6) is 0.271. The van der Waals surface area contributed by atoms with Gasteiger partial charge in [-0.1, -0.05) is 32.5 Å². The highest BCUT2D eigenvalue weighted by Gasteiger charge is 2.34. The summed E-state index contributed by atoms with van der Waals surface area (Å²) in [5, 5.41) is 4.33. The van der Waals surface area contributed by atoms with Crippen molar-refractivity contribution in [3.8, 4) is 0 Å². The molecule has 152 valence electrons. The number of thioether (sulfide) groups is 1. The molecule has 8 heteroatoms. The zero-order valence-electron chi connectivity index (χ0n) is 17.0. The second-order valence-corrected chi connectivity index (χ2v) is 10.2. The lowest BCUT2D eigenvalue weighted by molar-refractivity contribution is -0.113. The Labute approximate surface area is 174 Å². The number of aromatic nitrogens is 2. The van der Waals surface area contributed by atoms with Crippen LogP contribution in [0.3, 0.4) is 0 Å². The Hall–Kier alpha value is -1.80. The number of ether oxygens (including phenoxy) is 1. The molecular weight excluding hydrogens is 394 g/mol. The first kappa shape index (κ1) is 20.9. The van der Waals surface area contributed by atoms with Crippen molar-refractivity contribution in [1.29, 1.82) is 0 Å². The first-order valence-corrected chi connectivity index (χ1v) is 11.1. The summed E-state index contributed by atoms with van der Waals surface area (Å²) in [6, 6.07) is 0. The molecule has 0 saturated carbocycles. The third-order valence-electron chi connectivity index (χ3n) is 5.24. The number of methoxy groups -OCH3 is 1. The number of carbonyl (C=O) groups is 2. The Morgan fingerprint density at radius 1 is 1.43 bits per heavy atom. The fourth-order valence-electron chi connectivity index (χ4n) is 3.51. The first-order valence-electron chi connectivity index (χ1n) is 9.33. The molecular formula is C20H27N3O3S2. The van der Waals surface area contributed by atoms with E-state index >= 15 is 0 Å². The number of fused-ring (bicyclic) bond motifs is 1. The van der Waals surface area contributed by atoms with Crippen molar-refractivity contribution in [2.24, 2.45) is 18.4 Å². The number of carbonyl (C=O) groups excluding carboxylic acids is 2. The molecule has 0 radical (unpaired) electrons. The van der Waals surface area contributed by atoms with E-state index in [4.69, 9.17) is 4.74 Å². The van der Waals surface area contributed by atoms with Crippen LogP contribution in [0.15, 0.2) is 17.6 Å². The van der Waals surface area contributed by atoms with Crippen LogP contribution in [0, 0.1) is 11.3 Å². The first-order chi connectivity index (χ1) is 13.2. The van der Waals surface area contributed by atoms with Gasteiger partial charge in [0.05, 0.1) is 18.4 Å². The number of esters is 1. The minimum atomic E-state index is -0.376. The fraction of sp³-hybridized carbons (Fsp3) is 0.550. The number of rotatable bonds is 5. The second kappa shape index (κ2) is 8.29. The normalized spacial score (nSPS) is 16.5. The summed E-state index contributed by atoms with van der Waals surface area (Å²) >= 11 is 2.89. The monoisotopic (exact) mass is 421 g/mol. The van der Waals surface area contributed by atoms with E-state index in [0.717, 1.165) is 30.0 Å². The Morgan fingerprint density at radius 3 is 2.79 bits per heavy atom. The summed E-state index contributed by atoms with van der Waals surface area (Å²) in [5.41, 5.74) is 1.80. The lowest BCUT2D eigenvalue weighted by Crippen LogP contribution is -2.26. The highest BCUT2D eigenvalue weighted by Crippen LogP contribution is 2.44. The molecule has 2 aromatic heterocycles. The molecule has 2 aromatic rings. The number of thiophene rings is 1. The van der Waals surface area contributed by atoms with Crippen molar-refractivity contribution in [3.05, 3.63) is 28.4 Å². The third-order valence-corrected chi connectivity index (χ3v) is 7.47. The molecule has 0 unspecified atom stereocenters. The number of anilines is 1. The summed E-state index contributed by atoms with van der Waals surface area (Å²) in [6.07, 6.45) is 6.37. The smallest absolute Gasteiger partial charge is 0.341 e. The van der Waals surface area contributed by atoms with E-state index in [2.05, 4.69) is 31.1 Å². The maximum Gasteiger partial charge on any atom is 0.341 e. The minimum Gasteiger partial charge on any atom is -0.465 e. The molecule has 3 rings (SSSR count). The summed E-state index contributed by atoms with van der Waals surface area (Å²) in [7, 11) is 3.28. The molecule has 0 bridgehead atoms. The van der Waals surface area contributed by atoms with Crippen LogP contribution >= 0.6 is 23.1 Å². The van der Waals surface area contributed by atoms with Gasteiger partial charge in [0.15, 0.2) is 5.16 Å². The van der Waals surface area contributed by atoms with Crippen molar-refractivity contribution in [1.82, 2.24) is 9.55 Å². The zero-order valence-corrected chi connectivity index (χ0v) is 18.6. The molecule has 0 spiro atoms. The maximum atomic E-state index is 12.5. The topological polar surface area (TPSA) is 73.2 Å². The summed E-state index contributed by atoms with van der Waals surface area (Å²) in [6.45, 7) is 6.78. The molecule has 28 heavy (non-hydrogen) atoms. The number of hydrogen-bond acceptors (Lipinski definition) is 6. The van der Waals surface area contributed by atoms with Crippen molar-refractivity contribution in [3.63, 3.8) is 0 Å². The van der Waals surface area contributed by atoms with Gasteiger partial charge in [0, 0.05) is 24.3 Å². The molecule has 1 atom stereocenters. The number of amides is 1. The van der Waals surface area contributed by atoms with Gasteiger partial charge in [-0.05, 0) is 36.2 Å². The summed E-state index contributed by atoms with van der Waals surface area (Å²) in [4.78, 5) is 30.3. The third kappa shape index (κ3) is 4.43. The molecule has 1 aliphatic carbocycles. The van der Waals surface area contributed by atoms with Crippen molar-refractivity contribution < 1.29 is 14.3 Å². The van der Waals surface area contributed by atoms with Crippen LogP contribution in [-0.2, 0) is 29.4 Å². The van der Waals surface area contributed by atoms with E-state index in [0.29, 0.717) is 16.5 Å². The van der Waals surface area contributed by atoms with Gasteiger partial charge in [-0.3, -0.25) is 4.79 Å². The number of imidazole rings is 1. The van der Waals surface area contributed by atoms with Gasteiger partial charge >= 0.3 is 5.97 Å². The van der Waals surface area contributed by atoms with Gasteiger partial charge in [0.1, 0.15) is 5.00 Å². The van der Waals surface area contributed by atoms with Gasteiger partial charge in [-0.15, -0.1) is 11.3 Å². The Bertz CT molecular complexity index is 880. The van der Waals surface area contributed by atoms with E-state index in [1.165, 1.54) is 35.1 Å². The molecule has 1 aliphatic rings. The van der Waals surface area contributed by atoms with E-state index in [1.807, 2.05) is 17.8 Å². The highest BCUT2D eigenvalue weighted by atomic mass is 32.2. The number of aryl methyl sites for hydroxylation is 1. The van der Waals surface area contributed by atoms with Crippen LogP contribution in [-0.4, -0.2) is 34.3 Å². The average Bonchev–Trinajstić information content (AvgIpc) is 3.20. The van der Waals surface area contributed by atoms with Gasteiger partial charge in [-0.2, -0.15) is 0 Å². The zero-order chi connectivity index (χ0) is 20.5. The lowest BCUT2D eigenvalue weighted by Gasteiger charge is -2.33. The predicted octanol–water partition coefficient (Wildman–Crippen LogP) is 4.15. The van der Waals surface area contributed by atoms with Gasteiger partial charge in [-0.25, -0.2) is 9.78 Å². The number of nitrogens with zero attached hydrogens (tertiary/aromatic N) is 2. The fourth-order valence-corrected chi connectivity index (χ4v) is 5.58. The molecule has 0 fully saturated rings. The van der Waals surface area contributed by atoms with E-state index in [9.17, 15) is 9.59 Å². The van der Waals surface area contributed by atoms with Gasteiger partial charge in [0.2, 0.25) is 5.91 Å². The van der Waals surface area contributed by atoms with Gasteiger partial charge in [0.25, 0.3) is 0 Å². The predicted molar refractivity (Wildman–Crippen MR) is 113 cm³/mol. The maximum absolute atomic E-state index is 12.5.